The van der Waals surface area contributed by atoms with Gasteiger partial charge in [0.15, 0.2) is 0 Å². The zero-order chi connectivity index (χ0) is 11.5. The molecular formula is C12H19NO2. The minimum atomic E-state index is -0.0799. The van der Waals surface area contributed by atoms with Crippen LogP contribution in [0.25, 0.3) is 0 Å². The zero-order valence-electron chi connectivity index (χ0n) is 9.40. The van der Waals surface area contributed by atoms with Crippen LogP contribution in [-0.2, 0) is 9.59 Å². The molecule has 0 unspecified atom stereocenters. The molecule has 84 valence electrons. The van der Waals surface area contributed by atoms with E-state index < -0.39 is 0 Å². The van der Waals surface area contributed by atoms with E-state index in [-0.39, 0.29) is 5.91 Å². The summed E-state index contributed by atoms with van der Waals surface area (Å²) in [4.78, 5) is 21.1. The second-order valence-corrected chi connectivity index (χ2v) is 3.67. The molecule has 0 radical (unpaired) electrons. The largest absolute Gasteiger partial charge is 0.352 e. The molecule has 15 heavy (non-hydrogen) atoms. The third-order valence-corrected chi connectivity index (χ3v) is 1.63. The van der Waals surface area contributed by atoms with Crippen molar-refractivity contribution in [2.45, 2.75) is 26.7 Å². The molecular weight excluding hydrogens is 190 g/mol. The first-order valence-corrected chi connectivity index (χ1v) is 5.21. The van der Waals surface area contributed by atoms with Crippen LogP contribution in [0.2, 0.25) is 0 Å². The van der Waals surface area contributed by atoms with Crippen molar-refractivity contribution >= 4 is 12.2 Å². The molecule has 0 saturated carbocycles. The second-order valence-electron chi connectivity index (χ2n) is 3.67. The fraction of sp³-hybridized carbons (Fsp3) is 0.500. The van der Waals surface area contributed by atoms with Gasteiger partial charge in [0.1, 0.15) is 6.29 Å². The molecule has 3 heteroatoms. The molecule has 0 saturated heterocycles. The van der Waals surface area contributed by atoms with E-state index >= 15 is 0 Å². The van der Waals surface area contributed by atoms with Gasteiger partial charge in [0.05, 0.1) is 0 Å². The number of rotatable bonds is 7. The highest BCUT2D eigenvalue weighted by Crippen LogP contribution is 1.89. The molecule has 0 aliphatic carbocycles. The van der Waals surface area contributed by atoms with Crippen LogP contribution in [0.15, 0.2) is 24.3 Å². The summed E-state index contributed by atoms with van der Waals surface area (Å²) in [5, 5.41) is 2.77. The molecule has 1 amide bonds. The van der Waals surface area contributed by atoms with Crippen LogP contribution in [0.1, 0.15) is 26.7 Å². The summed E-state index contributed by atoms with van der Waals surface area (Å²) in [6.45, 7) is 4.78. The van der Waals surface area contributed by atoms with Crippen LogP contribution >= 0.6 is 0 Å². The predicted octanol–water partition coefficient (Wildman–Crippen LogP) is 1.85. The van der Waals surface area contributed by atoms with Gasteiger partial charge < -0.3 is 10.1 Å². The van der Waals surface area contributed by atoms with Crippen LogP contribution in [0.4, 0.5) is 0 Å². The fourth-order valence-corrected chi connectivity index (χ4v) is 0.846. The number of carbonyl (C=O) groups excluding carboxylic acids is 2. The first-order chi connectivity index (χ1) is 7.16. The predicted molar refractivity (Wildman–Crippen MR) is 61.4 cm³/mol. The molecule has 1 N–H and O–H groups in total. The lowest BCUT2D eigenvalue weighted by Gasteiger charge is -2.03. The van der Waals surface area contributed by atoms with Crippen molar-refractivity contribution in [2.24, 2.45) is 5.92 Å². The fourth-order valence-electron chi connectivity index (χ4n) is 0.846. The van der Waals surface area contributed by atoms with E-state index in [4.69, 9.17) is 0 Å². The number of hydrogen-bond donors (Lipinski definition) is 1. The van der Waals surface area contributed by atoms with Crippen LogP contribution in [-0.4, -0.2) is 18.7 Å². The van der Waals surface area contributed by atoms with Crippen molar-refractivity contribution in [1.29, 1.82) is 0 Å². The second kappa shape index (κ2) is 9.19. The summed E-state index contributed by atoms with van der Waals surface area (Å²) in [5.74, 6) is 0.384. The van der Waals surface area contributed by atoms with E-state index in [9.17, 15) is 9.59 Å². The summed E-state index contributed by atoms with van der Waals surface area (Å²) in [5.41, 5.74) is 0. The molecule has 0 aromatic heterocycles. The SMILES string of the molecule is CC(C)CNC(=O)C=CC=CCCC=O. The number of nitrogens with one attached hydrogen (secondary N) is 1. The van der Waals surface area contributed by atoms with Crippen LogP contribution < -0.4 is 5.32 Å². The third-order valence-electron chi connectivity index (χ3n) is 1.63. The van der Waals surface area contributed by atoms with Gasteiger partial charge in [-0.15, -0.1) is 0 Å². The van der Waals surface area contributed by atoms with Crippen molar-refractivity contribution in [3.05, 3.63) is 24.3 Å². The Balaban J connectivity index is 3.62. The molecule has 0 bridgehead atoms. The van der Waals surface area contributed by atoms with Gasteiger partial charge in [0, 0.05) is 19.0 Å². The highest BCUT2D eigenvalue weighted by atomic mass is 16.1. The highest BCUT2D eigenvalue weighted by molar-refractivity contribution is 5.87. The maximum atomic E-state index is 11.1. The molecule has 0 spiro atoms. The Kier molecular flexibility index (Phi) is 8.34. The van der Waals surface area contributed by atoms with Gasteiger partial charge in [-0.1, -0.05) is 32.1 Å². The van der Waals surface area contributed by atoms with Crippen molar-refractivity contribution in [3.63, 3.8) is 0 Å². The van der Waals surface area contributed by atoms with Gasteiger partial charge in [-0.05, 0) is 12.3 Å². The van der Waals surface area contributed by atoms with E-state index in [2.05, 4.69) is 5.32 Å². The van der Waals surface area contributed by atoms with Crippen molar-refractivity contribution in [1.82, 2.24) is 5.32 Å². The topological polar surface area (TPSA) is 46.2 Å². The normalized spacial score (nSPS) is 11.4. The lowest BCUT2D eigenvalue weighted by molar-refractivity contribution is -0.116. The van der Waals surface area contributed by atoms with E-state index in [0.29, 0.717) is 18.9 Å². The molecule has 3 nitrogen and oxygen atoms in total. The zero-order valence-corrected chi connectivity index (χ0v) is 9.40. The van der Waals surface area contributed by atoms with Crippen LogP contribution in [0.5, 0.6) is 0 Å². The lowest BCUT2D eigenvalue weighted by atomic mass is 10.2. The summed E-state index contributed by atoms with van der Waals surface area (Å²) in [6, 6.07) is 0. The number of allylic oxidation sites excluding steroid dienone is 3. The Bertz CT molecular complexity index is 242. The summed E-state index contributed by atoms with van der Waals surface area (Å²) in [7, 11) is 0. The Hall–Kier alpha value is -1.38. The smallest absolute Gasteiger partial charge is 0.243 e. The molecule has 0 aliphatic rings. The highest BCUT2D eigenvalue weighted by Gasteiger charge is 1.95. The maximum Gasteiger partial charge on any atom is 0.243 e. The number of carbonyl (C=O) groups is 2. The van der Waals surface area contributed by atoms with Gasteiger partial charge in [0.25, 0.3) is 0 Å². The molecule has 0 heterocycles. The minimum Gasteiger partial charge on any atom is -0.352 e. The van der Waals surface area contributed by atoms with Gasteiger partial charge in [-0.25, -0.2) is 0 Å². The quantitative estimate of drug-likeness (QED) is 0.301. The lowest BCUT2D eigenvalue weighted by Crippen LogP contribution is -2.25. The van der Waals surface area contributed by atoms with Crippen LogP contribution in [0.3, 0.4) is 0 Å². The first kappa shape index (κ1) is 13.6. The molecule has 0 aromatic rings. The Morgan fingerprint density at radius 1 is 1.27 bits per heavy atom. The number of unbranched alkanes of at least 4 members (excludes halogenated alkanes) is 1. The van der Waals surface area contributed by atoms with E-state index in [1.165, 1.54) is 6.08 Å². The van der Waals surface area contributed by atoms with Crippen molar-refractivity contribution in [2.75, 3.05) is 6.54 Å². The summed E-state index contributed by atoms with van der Waals surface area (Å²) in [6.07, 6.45) is 8.94. The van der Waals surface area contributed by atoms with E-state index in [1.807, 2.05) is 19.9 Å². The monoisotopic (exact) mass is 209 g/mol. The first-order valence-electron chi connectivity index (χ1n) is 5.21. The maximum absolute atomic E-state index is 11.1. The third kappa shape index (κ3) is 10.5. The van der Waals surface area contributed by atoms with Crippen molar-refractivity contribution < 1.29 is 9.59 Å². The Morgan fingerprint density at radius 2 is 2.00 bits per heavy atom. The molecule has 0 rings (SSSR count). The average Bonchev–Trinajstić information content (AvgIpc) is 2.20. The van der Waals surface area contributed by atoms with E-state index in [0.717, 1.165) is 12.7 Å². The summed E-state index contributed by atoms with van der Waals surface area (Å²) < 4.78 is 0. The number of aldehydes is 1. The molecule has 0 fully saturated rings. The minimum absolute atomic E-state index is 0.0799. The van der Waals surface area contributed by atoms with Gasteiger partial charge in [0.2, 0.25) is 5.91 Å². The van der Waals surface area contributed by atoms with Gasteiger partial charge >= 0.3 is 0 Å². The van der Waals surface area contributed by atoms with Crippen molar-refractivity contribution in [3.8, 4) is 0 Å². The summed E-state index contributed by atoms with van der Waals surface area (Å²) >= 11 is 0. The number of amides is 1. The van der Waals surface area contributed by atoms with Gasteiger partial charge in [-0.2, -0.15) is 0 Å². The Morgan fingerprint density at radius 3 is 2.60 bits per heavy atom. The molecule has 0 atom stereocenters. The molecule has 0 aromatic carbocycles. The van der Waals surface area contributed by atoms with Gasteiger partial charge in [-0.3, -0.25) is 4.79 Å². The van der Waals surface area contributed by atoms with E-state index in [1.54, 1.807) is 12.2 Å². The van der Waals surface area contributed by atoms with Crippen LogP contribution in [0, 0.1) is 5.92 Å². The average molecular weight is 209 g/mol. The number of hydrogen-bond acceptors (Lipinski definition) is 2. The Labute approximate surface area is 91.2 Å². The molecule has 0 aliphatic heterocycles. The standard InChI is InChI=1S/C12H19NO2/c1-11(2)10-13-12(15)8-6-4-3-5-7-9-14/h3-4,6,8-9,11H,5,7,10H2,1-2H3,(H,13,15).